The van der Waals surface area contributed by atoms with E-state index in [0.717, 1.165) is 5.56 Å². The Balaban J connectivity index is 2.47. The van der Waals surface area contributed by atoms with Crippen molar-refractivity contribution in [2.45, 2.75) is 31.1 Å². The topological polar surface area (TPSA) is 75.4 Å². The molecule has 0 aliphatic heterocycles. The third kappa shape index (κ3) is 5.53. The Labute approximate surface area is 118 Å². The molecule has 19 heavy (non-hydrogen) atoms. The van der Waals surface area contributed by atoms with Gasteiger partial charge in [0.2, 0.25) is 5.91 Å². The molecule has 106 valence electrons. The molecule has 0 radical (unpaired) electrons. The van der Waals surface area contributed by atoms with Gasteiger partial charge in [0.15, 0.2) is 0 Å². The fraction of sp³-hybridized carbons (Fsp3) is 0.500. The van der Waals surface area contributed by atoms with Crippen LogP contribution in [0.25, 0.3) is 0 Å². The van der Waals surface area contributed by atoms with Gasteiger partial charge in [0, 0.05) is 11.3 Å². The Hall–Kier alpha value is -1.20. The van der Waals surface area contributed by atoms with Crippen molar-refractivity contribution in [1.29, 1.82) is 0 Å². The highest BCUT2D eigenvalue weighted by Gasteiger charge is 2.20. The van der Waals surface area contributed by atoms with E-state index in [1.807, 2.05) is 6.26 Å². The van der Waals surface area contributed by atoms with Gasteiger partial charge in [-0.25, -0.2) is 0 Å². The first-order valence-corrected chi connectivity index (χ1v) is 7.43. The molecule has 5 heteroatoms. The summed E-state index contributed by atoms with van der Waals surface area (Å²) < 4.78 is 0.00785. The molecule has 0 fully saturated rings. The average Bonchev–Trinajstić information content (AvgIpc) is 2.38. The number of aromatic hydroxyl groups is 1. The lowest BCUT2D eigenvalue weighted by atomic mass is 10.1. The minimum absolute atomic E-state index is 0.00785. The van der Waals surface area contributed by atoms with Crippen LogP contribution in [0.3, 0.4) is 0 Å². The molecule has 4 nitrogen and oxygen atoms in total. The van der Waals surface area contributed by atoms with Crippen LogP contribution in [0.2, 0.25) is 0 Å². The monoisotopic (exact) mass is 282 g/mol. The minimum Gasteiger partial charge on any atom is -0.508 e. The van der Waals surface area contributed by atoms with Crippen molar-refractivity contribution in [3.8, 4) is 5.75 Å². The summed E-state index contributed by atoms with van der Waals surface area (Å²) in [7, 11) is 0. The summed E-state index contributed by atoms with van der Waals surface area (Å²) in [5.41, 5.74) is 6.81. The normalized spacial score (nSPS) is 13.1. The number of phenols is 1. The van der Waals surface area contributed by atoms with Crippen LogP contribution in [0.4, 0.5) is 0 Å². The Bertz CT molecular complexity index is 418. The molecule has 0 saturated carbocycles. The molecular formula is C14H22N2O2S. The standard InChI is InChI=1S/C14H22N2O2S/c1-14(2,19-3)9-16-13(18)12(15)8-10-4-6-11(17)7-5-10/h4-7,12,17H,8-9,15H2,1-3H3,(H,16,18)/t12-/m0/s1. The van der Waals surface area contributed by atoms with Gasteiger partial charge in [0.25, 0.3) is 0 Å². The lowest BCUT2D eigenvalue weighted by Gasteiger charge is -2.23. The van der Waals surface area contributed by atoms with E-state index in [2.05, 4.69) is 19.2 Å². The molecule has 1 rings (SSSR count). The number of hydrogen-bond donors (Lipinski definition) is 3. The quantitative estimate of drug-likeness (QED) is 0.739. The van der Waals surface area contributed by atoms with Gasteiger partial charge in [-0.1, -0.05) is 12.1 Å². The van der Waals surface area contributed by atoms with Crippen LogP contribution in [-0.2, 0) is 11.2 Å². The lowest BCUT2D eigenvalue weighted by Crippen LogP contribution is -2.46. The number of rotatable bonds is 6. The van der Waals surface area contributed by atoms with Gasteiger partial charge in [-0.05, 0) is 44.2 Å². The number of carbonyl (C=O) groups excluding carboxylic acids is 1. The fourth-order valence-electron chi connectivity index (χ4n) is 1.48. The van der Waals surface area contributed by atoms with E-state index in [1.54, 1.807) is 36.0 Å². The summed E-state index contributed by atoms with van der Waals surface area (Å²) in [4.78, 5) is 11.9. The van der Waals surface area contributed by atoms with E-state index in [-0.39, 0.29) is 16.4 Å². The SMILES string of the molecule is CSC(C)(C)CNC(=O)[C@@H](N)Cc1ccc(O)cc1. The van der Waals surface area contributed by atoms with Crippen molar-refractivity contribution in [2.75, 3.05) is 12.8 Å². The van der Waals surface area contributed by atoms with Crippen molar-refractivity contribution < 1.29 is 9.90 Å². The molecule has 1 atom stereocenters. The zero-order valence-corrected chi connectivity index (χ0v) is 12.5. The summed E-state index contributed by atoms with van der Waals surface area (Å²) in [6, 6.07) is 6.16. The Morgan fingerprint density at radius 1 is 1.42 bits per heavy atom. The van der Waals surface area contributed by atoms with Crippen LogP contribution in [0.15, 0.2) is 24.3 Å². The highest BCUT2D eigenvalue weighted by atomic mass is 32.2. The number of amides is 1. The van der Waals surface area contributed by atoms with Gasteiger partial charge >= 0.3 is 0 Å². The second kappa shape index (κ2) is 6.82. The molecule has 0 heterocycles. The van der Waals surface area contributed by atoms with Crippen LogP contribution in [0.1, 0.15) is 19.4 Å². The second-order valence-corrected chi connectivity index (χ2v) is 6.67. The smallest absolute Gasteiger partial charge is 0.237 e. The maximum Gasteiger partial charge on any atom is 0.237 e. The first-order chi connectivity index (χ1) is 8.84. The number of hydrogen-bond acceptors (Lipinski definition) is 4. The first-order valence-electron chi connectivity index (χ1n) is 6.20. The maximum absolute atomic E-state index is 11.9. The van der Waals surface area contributed by atoms with Gasteiger partial charge < -0.3 is 16.2 Å². The van der Waals surface area contributed by atoms with Gasteiger partial charge in [0.1, 0.15) is 5.75 Å². The van der Waals surface area contributed by atoms with E-state index < -0.39 is 6.04 Å². The maximum atomic E-state index is 11.9. The Morgan fingerprint density at radius 3 is 2.53 bits per heavy atom. The lowest BCUT2D eigenvalue weighted by molar-refractivity contribution is -0.122. The first kappa shape index (κ1) is 15.9. The van der Waals surface area contributed by atoms with Crippen LogP contribution >= 0.6 is 11.8 Å². The zero-order valence-electron chi connectivity index (χ0n) is 11.6. The average molecular weight is 282 g/mol. The second-order valence-electron chi connectivity index (χ2n) is 5.16. The van der Waals surface area contributed by atoms with Crippen LogP contribution < -0.4 is 11.1 Å². The van der Waals surface area contributed by atoms with E-state index in [9.17, 15) is 9.90 Å². The molecule has 0 aromatic heterocycles. The van der Waals surface area contributed by atoms with E-state index in [0.29, 0.717) is 13.0 Å². The molecule has 0 unspecified atom stereocenters. The van der Waals surface area contributed by atoms with E-state index >= 15 is 0 Å². The minimum atomic E-state index is -0.567. The highest BCUT2D eigenvalue weighted by molar-refractivity contribution is 7.99. The fourth-order valence-corrected chi connectivity index (χ4v) is 1.70. The van der Waals surface area contributed by atoms with E-state index in [1.165, 1.54) is 0 Å². The Morgan fingerprint density at radius 2 is 2.00 bits per heavy atom. The van der Waals surface area contributed by atoms with E-state index in [4.69, 9.17) is 5.73 Å². The zero-order chi connectivity index (χ0) is 14.5. The van der Waals surface area contributed by atoms with Gasteiger partial charge in [-0.3, -0.25) is 4.79 Å². The largest absolute Gasteiger partial charge is 0.508 e. The predicted molar refractivity (Wildman–Crippen MR) is 80.4 cm³/mol. The number of carbonyl (C=O) groups is 1. The van der Waals surface area contributed by atoms with Crippen molar-refractivity contribution in [1.82, 2.24) is 5.32 Å². The molecule has 1 aromatic rings. The third-order valence-corrected chi connectivity index (χ3v) is 4.22. The van der Waals surface area contributed by atoms with Gasteiger partial charge in [-0.15, -0.1) is 0 Å². The molecule has 0 aliphatic carbocycles. The molecular weight excluding hydrogens is 260 g/mol. The molecule has 4 N–H and O–H groups in total. The van der Waals surface area contributed by atoms with Crippen LogP contribution in [0, 0.1) is 0 Å². The number of nitrogens with one attached hydrogen (secondary N) is 1. The molecule has 0 spiro atoms. The summed E-state index contributed by atoms with van der Waals surface area (Å²) in [5.74, 6) is 0.0682. The number of nitrogens with two attached hydrogens (primary N) is 1. The molecule has 1 amide bonds. The van der Waals surface area contributed by atoms with Crippen molar-refractivity contribution >= 4 is 17.7 Å². The van der Waals surface area contributed by atoms with Crippen LogP contribution in [-0.4, -0.2) is 34.6 Å². The molecule has 0 saturated heterocycles. The third-order valence-electron chi connectivity index (χ3n) is 2.97. The van der Waals surface area contributed by atoms with Gasteiger partial charge in [-0.2, -0.15) is 11.8 Å². The van der Waals surface area contributed by atoms with Gasteiger partial charge in [0.05, 0.1) is 6.04 Å². The number of phenolic OH excluding ortho intramolecular Hbond substituents is 1. The predicted octanol–water partition coefficient (Wildman–Crippen LogP) is 1.52. The van der Waals surface area contributed by atoms with Crippen molar-refractivity contribution in [2.24, 2.45) is 5.73 Å². The van der Waals surface area contributed by atoms with Crippen LogP contribution in [0.5, 0.6) is 5.75 Å². The van der Waals surface area contributed by atoms with Crippen molar-refractivity contribution in [3.63, 3.8) is 0 Å². The number of thioether (sulfide) groups is 1. The summed E-state index contributed by atoms with van der Waals surface area (Å²) >= 11 is 1.70. The van der Waals surface area contributed by atoms with Crippen molar-refractivity contribution in [3.05, 3.63) is 29.8 Å². The summed E-state index contributed by atoms with van der Waals surface area (Å²) in [6.45, 7) is 4.74. The molecule has 0 aliphatic rings. The Kier molecular flexibility index (Phi) is 5.69. The summed E-state index contributed by atoms with van der Waals surface area (Å²) in [5, 5.41) is 12.1. The number of benzene rings is 1. The molecule has 1 aromatic carbocycles. The highest BCUT2D eigenvalue weighted by Crippen LogP contribution is 2.19. The molecule has 0 bridgehead atoms. The summed E-state index contributed by atoms with van der Waals surface area (Å²) in [6.07, 6.45) is 2.48.